The van der Waals surface area contributed by atoms with Gasteiger partial charge in [0.15, 0.2) is 5.04 Å². The number of thiocarbonyl (C=S) groups is 2. The number of ether oxygens (including phenoxy) is 2. The lowest BCUT2D eigenvalue weighted by Gasteiger charge is -2.24. The number of rotatable bonds is 10. The Kier molecular flexibility index (Phi) is 10.0. The molecule has 0 atom stereocenters. The number of hydrogen-bond acceptors (Lipinski definition) is 15. The van der Waals surface area contributed by atoms with Crippen molar-refractivity contribution in [3.63, 3.8) is 0 Å². The second kappa shape index (κ2) is 14.5. The van der Waals surface area contributed by atoms with E-state index in [1.165, 1.54) is 21.1 Å². The topological polar surface area (TPSA) is 131 Å². The molecule has 7 rings (SSSR count). The zero-order valence-electron chi connectivity index (χ0n) is 26.8. The maximum atomic E-state index is 14.6. The summed E-state index contributed by atoms with van der Waals surface area (Å²) in [6.07, 6.45) is 1.60. The summed E-state index contributed by atoms with van der Waals surface area (Å²) in [6.45, 7) is 4.17. The fourth-order valence-corrected chi connectivity index (χ4v) is 10.5. The average Bonchev–Trinajstić information content (AvgIpc) is 3.91. The second-order valence-electron chi connectivity index (χ2n) is 11.0. The van der Waals surface area contributed by atoms with E-state index in [2.05, 4.69) is 4.99 Å². The molecule has 0 bridgehead atoms. The number of esters is 2. The number of likely N-dealkylation sites (N-methyl/N-ethyl adjacent to an activating group) is 1. The Balaban J connectivity index is 1.37. The lowest BCUT2D eigenvalue weighted by atomic mass is 9.84. The third kappa shape index (κ3) is 6.35. The molecule has 4 aromatic rings. The second-order valence-corrected chi connectivity index (χ2v) is 16.3. The molecule has 2 fully saturated rings. The number of carbonyl (C=O) groups is 4. The summed E-state index contributed by atoms with van der Waals surface area (Å²) in [5.41, 5.74) is -0.712. The fraction of sp³-hybridized carbons (Fsp3) is 0.206. The molecule has 11 nitrogen and oxygen atoms in total. The largest absolute Gasteiger partial charge is 0.459 e. The highest BCUT2D eigenvalue weighted by atomic mass is 32.2. The summed E-state index contributed by atoms with van der Waals surface area (Å²) < 4.78 is 12.6. The molecular formula is C34H25N5O6S6. The highest BCUT2D eigenvalue weighted by Gasteiger charge is 2.63. The molecule has 17 heteroatoms. The number of benzene rings is 2. The van der Waals surface area contributed by atoms with Gasteiger partial charge in [-0.1, -0.05) is 108 Å². The molecular weight excluding hydrogens is 767 g/mol. The van der Waals surface area contributed by atoms with Gasteiger partial charge in [0.25, 0.3) is 17.2 Å². The smallest absolute Gasteiger partial charge is 0.336 e. The SMILES string of the molecule is CCN1C(=O)C(=Nc2nc3c(s2)-c2sc(/C=C4\SC(=S)N(CC)C4=O)nc2C3(C(=O)OCc2ccccc2)C(=O)OCc2ccccc2)SC1=S. The van der Waals surface area contributed by atoms with Gasteiger partial charge < -0.3 is 9.47 Å². The van der Waals surface area contributed by atoms with Crippen LogP contribution in [-0.4, -0.2) is 70.3 Å². The first-order valence-corrected chi connectivity index (χ1v) is 19.6. The molecule has 3 aliphatic rings. The van der Waals surface area contributed by atoms with Crippen LogP contribution in [0.3, 0.4) is 0 Å². The van der Waals surface area contributed by atoms with E-state index in [1.807, 2.05) is 50.2 Å². The van der Waals surface area contributed by atoms with Gasteiger partial charge in [0, 0.05) is 13.1 Å². The number of thioether (sulfide) groups is 2. The summed E-state index contributed by atoms with van der Waals surface area (Å²) in [6, 6.07) is 18.1. The van der Waals surface area contributed by atoms with E-state index in [4.69, 9.17) is 43.9 Å². The van der Waals surface area contributed by atoms with Crippen LogP contribution in [-0.2, 0) is 47.3 Å². The van der Waals surface area contributed by atoms with E-state index in [0.29, 0.717) is 52.5 Å². The Bertz CT molecular complexity index is 2030. The molecule has 2 saturated heterocycles. The van der Waals surface area contributed by atoms with Crippen molar-refractivity contribution in [3.05, 3.63) is 93.1 Å². The van der Waals surface area contributed by atoms with E-state index in [1.54, 1.807) is 30.3 Å². The molecule has 0 spiro atoms. The van der Waals surface area contributed by atoms with Crippen molar-refractivity contribution in [2.24, 2.45) is 4.99 Å². The molecule has 2 aromatic carbocycles. The van der Waals surface area contributed by atoms with E-state index in [9.17, 15) is 19.2 Å². The van der Waals surface area contributed by atoms with Crippen LogP contribution in [0.5, 0.6) is 0 Å². The molecule has 0 saturated carbocycles. The van der Waals surface area contributed by atoms with E-state index in [0.717, 1.165) is 34.9 Å². The van der Waals surface area contributed by atoms with Crippen LogP contribution in [0.2, 0.25) is 0 Å². The number of hydrogen-bond donors (Lipinski definition) is 0. The Labute approximate surface area is 319 Å². The van der Waals surface area contributed by atoms with Crippen LogP contribution >= 0.6 is 70.6 Å². The van der Waals surface area contributed by atoms with Crippen LogP contribution < -0.4 is 0 Å². The van der Waals surface area contributed by atoms with Crippen molar-refractivity contribution in [2.45, 2.75) is 32.5 Å². The number of nitrogens with zero attached hydrogens (tertiary/aromatic N) is 5. The fourth-order valence-electron chi connectivity index (χ4n) is 5.51. The summed E-state index contributed by atoms with van der Waals surface area (Å²) in [5.74, 6) is -2.49. The van der Waals surface area contributed by atoms with Gasteiger partial charge in [-0.25, -0.2) is 24.5 Å². The average molecular weight is 792 g/mol. The quantitative estimate of drug-likeness (QED) is 0.0754. The van der Waals surface area contributed by atoms with Crippen molar-refractivity contribution in [1.82, 2.24) is 19.8 Å². The highest BCUT2D eigenvalue weighted by Crippen LogP contribution is 2.56. The maximum Gasteiger partial charge on any atom is 0.336 e. The third-order valence-corrected chi connectivity index (χ3v) is 12.8. The molecule has 0 radical (unpaired) electrons. The monoisotopic (exact) mass is 791 g/mol. The van der Waals surface area contributed by atoms with Gasteiger partial charge in [0.2, 0.25) is 5.13 Å². The molecule has 4 heterocycles. The van der Waals surface area contributed by atoms with E-state index >= 15 is 0 Å². The molecule has 2 amide bonds. The minimum atomic E-state index is -2.24. The van der Waals surface area contributed by atoms with Crippen LogP contribution in [0.4, 0.5) is 5.13 Å². The van der Waals surface area contributed by atoms with Gasteiger partial charge in [-0.05, 0) is 42.8 Å². The number of aliphatic imine (C=N–C) groups is 1. The summed E-state index contributed by atoms with van der Waals surface area (Å²) in [7, 11) is 0. The zero-order valence-corrected chi connectivity index (χ0v) is 31.7. The lowest BCUT2D eigenvalue weighted by Crippen LogP contribution is -2.46. The van der Waals surface area contributed by atoms with Crippen molar-refractivity contribution >= 4 is 119 Å². The third-order valence-electron chi connectivity index (χ3n) is 8.00. The Hall–Kier alpha value is -4.13. The van der Waals surface area contributed by atoms with Gasteiger partial charge in [-0.3, -0.25) is 19.4 Å². The van der Waals surface area contributed by atoms with Crippen molar-refractivity contribution in [1.29, 1.82) is 0 Å². The first kappa shape index (κ1) is 35.3. The van der Waals surface area contributed by atoms with Crippen LogP contribution in [0.15, 0.2) is 70.6 Å². The Morgan fingerprint density at radius 3 is 1.86 bits per heavy atom. The van der Waals surface area contributed by atoms with Gasteiger partial charge >= 0.3 is 11.9 Å². The summed E-state index contributed by atoms with van der Waals surface area (Å²) >= 11 is 15.2. The maximum absolute atomic E-state index is 14.6. The molecule has 1 aliphatic carbocycles. The lowest BCUT2D eigenvalue weighted by molar-refractivity contribution is -0.164. The standard InChI is InChI=1S/C34H25N5O6S6/c1-3-38-27(40)20(48-32(38)46)15-21-35-24-22(49-21)23-25(36-31(50-23)37-26-28(41)39(4-2)33(47)51-26)34(24,29(42)44-16-18-11-7-5-8-12-18)30(43)45-17-19-13-9-6-10-14-19/h5-15H,3-4,16-17H2,1-2H3/b20-15-,37-26?. The van der Waals surface area contributed by atoms with Crippen LogP contribution in [0.25, 0.3) is 15.8 Å². The van der Waals surface area contributed by atoms with Gasteiger partial charge in [0.05, 0.1) is 26.0 Å². The van der Waals surface area contributed by atoms with Crippen molar-refractivity contribution < 1.29 is 28.7 Å². The highest BCUT2D eigenvalue weighted by molar-refractivity contribution is 8.35. The van der Waals surface area contributed by atoms with Gasteiger partial charge in [0.1, 0.15) is 26.9 Å². The van der Waals surface area contributed by atoms with Crippen molar-refractivity contribution in [2.75, 3.05) is 13.1 Å². The normalized spacial score (nSPS) is 17.8. The molecule has 258 valence electrons. The van der Waals surface area contributed by atoms with Gasteiger partial charge in [-0.15, -0.1) is 11.3 Å². The first-order valence-electron chi connectivity index (χ1n) is 15.5. The van der Waals surface area contributed by atoms with E-state index < -0.39 is 17.4 Å². The van der Waals surface area contributed by atoms with Crippen LogP contribution in [0.1, 0.15) is 41.4 Å². The number of aromatic nitrogens is 2. The molecule has 2 aromatic heterocycles. The number of thiazole rings is 2. The predicted octanol–water partition coefficient (Wildman–Crippen LogP) is 6.48. The summed E-state index contributed by atoms with van der Waals surface area (Å²) in [4.78, 5) is 73.5. The predicted molar refractivity (Wildman–Crippen MR) is 207 cm³/mol. The van der Waals surface area contributed by atoms with Crippen molar-refractivity contribution in [3.8, 4) is 9.75 Å². The first-order chi connectivity index (χ1) is 24.6. The Morgan fingerprint density at radius 2 is 1.31 bits per heavy atom. The molecule has 0 N–H and O–H groups in total. The summed E-state index contributed by atoms with van der Waals surface area (Å²) in [5, 5.41) is 0.628. The Morgan fingerprint density at radius 1 is 0.784 bits per heavy atom. The number of amides is 2. The minimum absolute atomic E-state index is 0.0472. The molecule has 2 aliphatic heterocycles. The zero-order chi connectivity index (χ0) is 35.9. The van der Waals surface area contributed by atoms with Gasteiger partial charge in [-0.2, -0.15) is 0 Å². The van der Waals surface area contributed by atoms with E-state index in [-0.39, 0.29) is 46.6 Å². The minimum Gasteiger partial charge on any atom is -0.459 e. The number of fused-ring (bicyclic) bond motifs is 3. The molecule has 0 unspecified atom stereocenters. The molecule has 51 heavy (non-hydrogen) atoms. The van der Waals surface area contributed by atoms with Crippen LogP contribution in [0, 0.1) is 0 Å². The number of carbonyl (C=O) groups excluding carboxylic acids is 4.